The van der Waals surface area contributed by atoms with Crippen LogP contribution in [0.5, 0.6) is 0 Å². The molecule has 0 atom stereocenters. The molecule has 2 heterocycles. The summed E-state index contributed by atoms with van der Waals surface area (Å²) in [6.45, 7) is 2.64. The van der Waals surface area contributed by atoms with Gasteiger partial charge in [0.1, 0.15) is 5.54 Å². The molecule has 1 amide bonds. The quantitative estimate of drug-likeness (QED) is 0.844. The van der Waals surface area contributed by atoms with E-state index in [1.165, 1.54) is 25.7 Å². The molecule has 144 valence electrons. The van der Waals surface area contributed by atoms with E-state index in [0.717, 1.165) is 55.7 Å². The molecule has 1 aliphatic heterocycles. The highest BCUT2D eigenvalue weighted by Crippen LogP contribution is 2.36. The fraction of sp³-hybridized carbons (Fsp3) is 0.545. The van der Waals surface area contributed by atoms with Gasteiger partial charge in [-0.3, -0.25) is 14.8 Å². The SMILES string of the molecule is O=C(NCc1cc(-c2ccccc2)n[nH]1)C1(N2CCCCC2)CCCCC1. The summed E-state index contributed by atoms with van der Waals surface area (Å²) in [7, 11) is 0. The van der Waals surface area contributed by atoms with Gasteiger partial charge in [-0.05, 0) is 44.8 Å². The molecule has 2 aliphatic rings. The monoisotopic (exact) mass is 366 g/mol. The van der Waals surface area contributed by atoms with Gasteiger partial charge in [-0.2, -0.15) is 5.10 Å². The Morgan fingerprint density at radius 2 is 1.74 bits per heavy atom. The van der Waals surface area contributed by atoms with Crippen LogP contribution in [0.2, 0.25) is 0 Å². The summed E-state index contributed by atoms with van der Waals surface area (Å²) >= 11 is 0. The molecule has 2 aromatic rings. The van der Waals surface area contributed by atoms with Gasteiger partial charge < -0.3 is 5.32 Å². The molecule has 0 spiro atoms. The second-order valence-electron chi connectivity index (χ2n) is 7.97. The number of hydrogen-bond donors (Lipinski definition) is 2. The zero-order valence-electron chi connectivity index (χ0n) is 16.0. The smallest absolute Gasteiger partial charge is 0.240 e. The first-order valence-electron chi connectivity index (χ1n) is 10.4. The lowest BCUT2D eigenvalue weighted by atomic mass is 9.78. The predicted octanol–water partition coefficient (Wildman–Crippen LogP) is 3.88. The highest BCUT2D eigenvalue weighted by atomic mass is 16.2. The van der Waals surface area contributed by atoms with Crippen LogP contribution in [0.15, 0.2) is 36.4 Å². The maximum absolute atomic E-state index is 13.3. The molecule has 0 unspecified atom stereocenters. The van der Waals surface area contributed by atoms with E-state index in [-0.39, 0.29) is 11.4 Å². The van der Waals surface area contributed by atoms with Crippen LogP contribution in [0.3, 0.4) is 0 Å². The molecule has 1 aromatic carbocycles. The van der Waals surface area contributed by atoms with Crippen LogP contribution in [-0.2, 0) is 11.3 Å². The van der Waals surface area contributed by atoms with E-state index in [0.29, 0.717) is 6.54 Å². The van der Waals surface area contributed by atoms with Gasteiger partial charge in [0, 0.05) is 5.56 Å². The molecule has 4 rings (SSSR count). The average Bonchev–Trinajstić information content (AvgIpc) is 3.23. The summed E-state index contributed by atoms with van der Waals surface area (Å²) in [5.74, 6) is 0.208. The Bertz CT molecular complexity index is 743. The molecule has 1 aliphatic carbocycles. The van der Waals surface area contributed by atoms with Crippen molar-refractivity contribution in [2.45, 2.75) is 63.5 Å². The lowest BCUT2D eigenvalue weighted by Gasteiger charge is -2.46. The number of piperidine rings is 1. The predicted molar refractivity (Wildman–Crippen MR) is 107 cm³/mol. The second kappa shape index (κ2) is 8.26. The standard InChI is InChI=1S/C22H30N4O/c27-21(22(12-6-2-7-13-22)26-14-8-3-9-15-26)23-17-19-16-20(25-24-19)18-10-4-1-5-11-18/h1,4-5,10-11,16H,2-3,6-9,12-15,17H2,(H,23,27)(H,24,25). The van der Waals surface area contributed by atoms with E-state index in [1.54, 1.807) is 0 Å². The summed E-state index contributed by atoms with van der Waals surface area (Å²) in [6.07, 6.45) is 9.30. The Morgan fingerprint density at radius 3 is 2.48 bits per heavy atom. The minimum absolute atomic E-state index is 0.208. The molecule has 5 heteroatoms. The summed E-state index contributed by atoms with van der Waals surface area (Å²) < 4.78 is 0. The normalized spacial score (nSPS) is 20.3. The molecule has 5 nitrogen and oxygen atoms in total. The van der Waals surface area contributed by atoms with Crippen molar-refractivity contribution in [3.8, 4) is 11.3 Å². The number of nitrogens with one attached hydrogen (secondary N) is 2. The number of aromatic nitrogens is 2. The van der Waals surface area contributed by atoms with Gasteiger partial charge in [0.25, 0.3) is 0 Å². The average molecular weight is 367 g/mol. The number of aromatic amines is 1. The van der Waals surface area contributed by atoms with E-state index in [9.17, 15) is 4.79 Å². The second-order valence-corrected chi connectivity index (χ2v) is 7.97. The van der Waals surface area contributed by atoms with Gasteiger partial charge in [-0.1, -0.05) is 56.0 Å². The number of likely N-dealkylation sites (tertiary alicyclic amines) is 1. The molecule has 1 saturated carbocycles. The Hall–Kier alpha value is -2.14. The van der Waals surface area contributed by atoms with Crippen LogP contribution >= 0.6 is 0 Å². The first-order valence-corrected chi connectivity index (χ1v) is 10.4. The third-order valence-electron chi connectivity index (χ3n) is 6.20. The molecule has 2 N–H and O–H groups in total. The van der Waals surface area contributed by atoms with Gasteiger partial charge in [0.05, 0.1) is 17.9 Å². The summed E-state index contributed by atoms with van der Waals surface area (Å²) in [4.78, 5) is 15.8. The summed E-state index contributed by atoms with van der Waals surface area (Å²) in [5, 5.41) is 10.7. The summed E-state index contributed by atoms with van der Waals surface area (Å²) in [6, 6.07) is 12.2. The summed E-state index contributed by atoms with van der Waals surface area (Å²) in [5.41, 5.74) is 2.67. The van der Waals surface area contributed by atoms with Gasteiger partial charge in [-0.15, -0.1) is 0 Å². The maximum Gasteiger partial charge on any atom is 0.240 e. The third kappa shape index (κ3) is 3.93. The van der Waals surface area contributed by atoms with Crippen molar-refractivity contribution in [2.75, 3.05) is 13.1 Å². The lowest BCUT2D eigenvalue weighted by molar-refractivity contribution is -0.137. The topological polar surface area (TPSA) is 61.0 Å². The Balaban J connectivity index is 1.43. The highest BCUT2D eigenvalue weighted by molar-refractivity contribution is 5.86. The fourth-order valence-corrected chi connectivity index (χ4v) is 4.69. The van der Waals surface area contributed by atoms with Gasteiger partial charge in [0.2, 0.25) is 5.91 Å². The number of hydrogen-bond acceptors (Lipinski definition) is 3. The Kier molecular flexibility index (Phi) is 5.58. The van der Waals surface area contributed by atoms with E-state index >= 15 is 0 Å². The van der Waals surface area contributed by atoms with Crippen molar-refractivity contribution in [3.05, 3.63) is 42.1 Å². The minimum atomic E-state index is -0.291. The zero-order valence-corrected chi connectivity index (χ0v) is 16.0. The molecule has 0 bridgehead atoms. The first-order chi connectivity index (χ1) is 13.3. The first kappa shape index (κ1) is 18.2. The van der Waals surface area contributed by atoms with Crippen LogP contribution in [0.4, 0.5) is 0 Å². The van der Waals surface area contributed by atoms with E-state index in [2.05, 4.69) is 20.4 Å². The van der Waals surface area contributed by atoms with Crippen LogP contribution in [0, 0.1) is 0 Å². The third-order valence-corrected chi connectivity index (χ3v) is 6.20. The van der Waals surface area contributed by atoms with Crippen molar-refractivity contribution < 1.29 is 4.79 Å². The molecule has 1 aromatic heterocycles. The van der Waals surface area contributed by atoms with Crippen molar-refractivity contribution in [1.29, 1.82) is 0 Å². The van der Waals surface area contributed by atoms with E-state index in [1.807, 2.05) is 36.4 Å². The number of carbonyl (C=O) groups excluding carboxylic acids is 1. The van der Waals surface area contributed by atoms with Crippen LogP contribution in [-0.4, -0.2) is 39.6 Å². The van der Waals surface area contributed by atoms with Gasteiger partial charge in [-0.25, -0.2) is 0 Å². The number of amides is 1. The largest absolute Gasteiger partial charge is 0.349 e. The molecule has 1 saturated heterocycles. The number of benzene rings is 1. The fourth-order valence-electron chi connectivity index (χ4n) is 4.69. The zero-order chi connectivity index (χ0) is 18.5. The number of carbonyl (C=O) groups is 1. The van der Waals surface area contributed by atoms with Crippen molar-refractivity contribution >= 4 is 5.91 Å². The Morgan fingerprint density at radius 1 is 1.04 bits per heavy atom. The van der Waals surface area contributed by atoms with E-state index < -0.39 is 0 Å². The van der Waals surface area contributed by atoms with Crippen molar-refractivity contribution in [1.82, 2.24) is 20.4 Å². The number of nitrogens with zero attached hydrogens (tertiary/aromatic N) is 2. The van der Waals surface area contributed by atoms with Crippen LogP contribution in [0.25, 0.3) is 11.3 Å². The molecular weight excluding hydrogens is 336 g/mol. The highest BCUT2D eigenvalue weighted by Gasteiger charge is 2.44. The molecule has 27 heavy (non-hydrogen) atoms. The number of H-pyrrole nitrogens is 1. The molecule has 2 fully saturated rings. The molecular formula is C22H30N4O. The van der Waals surface area contributed by atoms with Crippen molar-refractivity contribution in [2.24, 2.45) is 0 Å². The minimum Gasteiger partial charge on any atom is -0.349 e. The van der Waals surface area contributed by atoms with E-state index in [4.69, 9.17) is 0 Å². The number of rotatable bonds is 5. The van der Waals surface area contributed by atoms with Crippen LogP contribution < -0.4 is 5.32 Å². The van der Waals surface area contributed by atoms with Crippen molar-refractivity contribution in [3.63, 3.8) is 0 Å². The van der Waals surface area contributed by atoms with Gasteiger partial charge >= 0.3 is 0 Å². The lowest BCUT2D eigenvalue weighted by Crippen LogP contribution is -2.60. The maximum atomic E-state index is 13.3. The Labute approximate surface area is 161 Å². The van der Waals surface area contributed by atoms with Gasteiger partial charge in [0.15, 0.2) is 0 Å². The van der Waals surface area contributed by atoms with Crippen LogP contribution in [0.1, 0.15) is 57.1 Å². The molecule has 0 radical (unpaired) electrons.